The Balaban J connectivity index is 1.60. The van der Waals surface area contributed by atoms with E-state index < -0.39 is 23.7 Å². The molecule has 0 atom stereocenters. The summed E-state index contributed by atoms with van der Waals surface area (Å²) in [6.07, 6.45) is 1.43. The van der Waals surface area contributed by atoms with Crippen LogP contribution in [-0.4, -0.2) is 53.3 Å². The van der Waals surface area contributed by atoms with Crippen molar-refractivity contribution in [3.05, 3.63) is 49.4 Å². The zero-order chi connectivity index (χ0) is 24.1. The number of aromatic nitrogens is 1. The molecular formula is C20H19F2N3O6S2. The fourth-order valence-corrected chi connectivity index (χ4v) is 4.51. The number of methoxy groups -OCH3 is 1. The molecule has 1 fully saturated rings. The Morgan fingerprint density at radius 3 is 2.64 bits per heavy atom. The Labute approximate surface area is 195 Å². The highest BCUT2D eigenvalue weighted by Gasteiger charge is 2.34. The second-order valence-electron chi connectivity index (χ2n) is 6.70. The first-order valence-corrected chi connectivity index (χ1v) is 11.2. The second kappa shape index (κ2) is 10.6. The minimum atomic E-state index is -3.02. The summed E-state index contributed by atoms with van der Waals surface area (Å²) in [7, 11) is 1.29. The molecule has 1 aromatic heterocycles. The van der Waals surface area contributed by atoms with Gasteiger partial charge in [0.05, 0.1) is 12.0 Å². The normalized spacial score (nSPS) is 14.9. The number of nitrogens with one attached hydrogen (secondary N) is 1. The van der Waals surface area contributed by atoms with E-state index in [0.717, 1.165) is 28.0 Å². The molecular weight excluding hydrogens is 480 g/mol. The second-order valence-corrected chi connectivity index (χ2v) is 8.52. The summed E-state index contributed by atoms with van der Waals surface area (Å²) in [6, 6.07) is 4.13. The van der Waals surface area contributed by atoms with Crippen LogP contribution in [0.15, 0.2) is 33.3 Å². The first-order valence-electron chi connectivity index (χ1n) is 9.49. The first-order chi connectivity index (χ1) is 15.7. The molecule has 9 nitrogen and oxygen atoms in total. The van der Waals surface area contributed by atoms with Crippen molar-refractivity contribution in [2.75, 3.05) is 20.2 Å². The number of halogens is 2. The third kappa shape index (κ3) is 5.99. The molecule has 1 aromatic carbocycles. The lowest BCUT2D eigenvalue weighted by molar-refractivity contribution is -0.124. The molecule has 13 heteroatoms. The van der Waals surface area contributed by atoms with Crippen LogP contribution in [0.5, 0.6) is 11.5 Å². The zero-order valence-corrected chi connectivity index (χ0v) is 19.1. The van der Waals surface area contributed by atoms with E-state index in [-0.39, 0.29) is 40.9 Å². The molecule has 0 bridgehead atoms. The van der Waals surface area contributed by atoms with E-state index in [0.29, 0.717) is 11.3 Å². The monoisotopic (exact) mass is 499 g/mol. The highest BCUT2D eigenvalue weighted by Crippen LogP contribution is 2.34. The summed E-state index contributed by atoms with van der Waals surface area (Å²) in [4.78, 5) is 49.5. The van der Waals surface area contributed by atoms with Gasteiger partial charge in [-0.3, -0.25) is 28.6 Å². The maximum absolute atomic E-state index is 12.6. The van der Waals surface area contributed by atoms with Gasteiger partial charge in [-0.05, 0) is 42.5 Å². The summed E-state index contributed by atoms with van der Waals surface area (Å²) < 4.78 is 35.6. The highest BCUT2D eigenvalue weighted by atomic mass is 32.2. The molecule has 0 aliphatic carbocycles. The molecule has 1 aliphatic rings. The van der Waals surface area contributed by atoms with Crippen molar-refractivity contribution in [2.45, 2.75) is 20.1 Å². The number of carbonyl (C=O) groups excluding carboxylic acids is 3. The molecule has 0 spiro atoms. The van der Waals surface area contributed by atoms with E-state index in [1.807, 2.05) is 0 Å². The van der Waals surface area contributed by atoms with Crippen LogP contribution in [0.4, 0.5) is 13.6 Å². The van der Waals surface area contributed by atoms with Gasteiger partial charge in [0.1, 0.15) is 6.54 Å². The number of amides is 3. The average molecular weight is 500 g/mol. The molecule has 1 aliphatic heterocycles. The van der Waals surface area contributed by atoms with Crippen molar-refractivity contribution in [1.82, 2.24) is 14.8 Å². The Kier molecular flexibility index (Phi) is 7.87. The van der Waals surface area contributed by atoms with E-state index in [1.54, 1.807) is 12.3 Å². The van der Waals surface area contributed by atoms with Crippen LogP contribution in [0.1, 0.15) is 11.3 Å². The smallest absolute Gasteiger partial charge is 0.387 e. The summed E-state index contributed by atoms with van der Waals surface area (Å²) in [5.41, 5.74) is 1.12. The molecule has 1 N–H and O–H groups in total. The molecule has 2 heterocycles. The number of carbonyl (C=O) groups is 3. The van der Waals surface area contributed by atoms with Gasteiger partial charge < -0.3 is 14.8 Å². The number of thioether (sulfide) groups is 1. The Bertz CT molecular complexity index is 1160. The van der Waals surface area contributed by atoms with Gasteiger partial charge in [-0.2, -0.15) is 8.78 Å². The van der Waals surface area contributed by atoms with Crippen molar-refractivity contribution in [2.24, 2.45) is 0 Å². The van der Waals surface area contributed by atoms with Crippen LogP contribution >= 0.6 is 23.1 Å². The molecule has 3 amide bonds. The van der Waals surface area contributed by atoms with Crippen molar-refractivity contribution in [1.29, 1.82) is 0 Å². The zero-order valence-electron chi connectivity index (χ0n) is 17.5. The Morgan fingerprint density at radius 2 is 2.00 bits per heavy atom. The van der Waals surface area contributed by atoms with Crippen LogP contribution in [0.25, 0.3) is 6.08 Å². The molecule has 0 saturated carbocycles. The van der Waals surface area contributed by atoms with Gasteiger partial charge in [0.25, 0.3) is 11.1 Å². The SMILES string of the molecule is COc1cc(/C=C2\SC(=O)N(CCNC(=O)Cn3c(C)csc3=O)C2=O)ccc1OC(F)F. The van der Waals surface area contributed by atoms with Crippen molar-refractivity contribution >= 4 is 46.2 Å². The summed E-state index contributed by atoms with van der Waals surface area (Å²) in [5, 5.41) is 3.73. The van der Waals surface area contributed by atoms with Gasteiger partial charge in [-0.15, -0.1) is 0 Å². The van der Waals surface area contributed by atoms with E-state index in [1.165, 1.54) is 36.0 Å². The van der Waals surface area contributed by atoms with Gasteiger partial charge in [-0.1, -0.05) is 17.4 Å². The lowest BCUT2D eigenvalue weighted by Crippen LogP contribution is -2.39. The number of hydrogen-bond donors (Lipinski definition) is 1. The summed E-state index contributed by atoms with van der Waals surface area (Å²) in [5.74, 6) is -1.07. The quantitative estimate of drug-likeness (QED) is 0.529. The number of alkyl halides is 2. The largest absolute Gasteiger partial charge is 0.493 e. The predicted molar refractivity (Wildman–Crippen MR) is 119 cm³/mol. The molecule has 2 aromatic rings. The first kappa shape index (κ1) is 24.5. The van der Waals surface area contributed by atoms with E-state index >= 15 is 0 Å². The highest BCUT2D eigenvalue weighted by molar-refractivity contribution is 8.18. The van der Waals surface area contributed by atoms with Gasteiger partial charge in [0.2, 0.25) is 5.91 Å². The van der Waals surface area contributed by atoms with Crippen LogP contribution in [0.3, 0.4) is 0 Å². The number of imide groups is 1. The van der Waals surface area contributed by atoms with Gasteiger partial charge in [0, 0.05) is 24.2 Å². The third-order valence-corrected chi connectivity index (χ3v) is 6.30. The number of nitrogens with zero attached hydrogens (tertiary/aromatic N) is 2. The number of thiazole rings is 1. The third-order valence-electron chi connectivity index (χ3n) is 4.51. The maximum Gasteiger partial charge on any atom is 0.387 e. The summed E-state index contributed by atoms with van der Waals surface area (Å²) >= 11 is 1.72. The van der Waals surface area contributed by atoms with Crippen LogP contribution in [0, 0.1) is 6.92 Å². The van der Waals surface area contributed by atoms with Crippen LogP contribution < -0.4 is 19.7 Å². The summed E-state index contributed by atoms with van der Waals surface area (Å²) in [6.45, 7) is -1.47. The van der Waals surface area contributed by atoms with Crippen LogP contribution in [0.2, 0.25) is 0 Å². The van der Waals surface area contributed by atoms with E-state index in [2.05, 4.69) is 10.1 Å². The number of rotatable bonds is 9. The van der Waals surface area contributed by atoms with Gasteiger partial charge >= 0.3 is 11.5 Å². The molecule has 3 rings (SSSR count). The Hall–Kier alpha value is -3.19. The van der Waals surface area contributed by atoms with Gasteiger partial charge in [0.15, 0.2) is 11.5 Å². The number of benzene rings is 1. The van der Waals surface area contributed by atoms with Gasteiger partial charge in [-0.25, -0.2) is 0 Å². The van der Waals surface area contributed by atoms with Crippen molar-refractivity contribution in [3.8, 4) is 11.5 Å². The number of hydrogen-bond acceptors (Lipinski definition) is 8. The lowest BCUT2D eigenvalue weighted by Gasteiger charge is -2.13. The van der Waals surface area contributed by atoms with E-state index in [9.17, 15) is 28.0 Å². The van der Waals surface area contributed by atoms with Crippen molar-refractivity contribution < 1.29 is 32.6 Å². The Morgan fingerprint density at radius 1 is 1.24 bits per heavy atom. The maximum atomic E-state index is 12.6. The fourth-order valence-electron chi connectivity index (χ4n) is 2.91. The predicted octanol–water partition coefficient (Wildman–Crippen LogP) is 2.68. The number of aryl methyl sites for hydroxylation is 1. The molecule has 176 valence electrons. The van der Waals surface area contributed by atoms with E-state index in [4.69, 9.17) is 4.74 Å². The topological polar surface area (TPSA) is 107 Å². The molecule has 1 saturated heterocycles. The fraction of sp³-hybridized carbons (Fsp3) is 0.300. The minimum Gasteiger partial charge on any atom is -0.493 e. The molecule has 0 unspecified atom stereocenters. The average Bonchev–Trinajstić information content (AvgIpc) is 3.21. The molecule has 0 radical (unpaired) electrons. The lowest BCUT2D eigenvalue weighted by atomic mass is 10.2. The number of ether oxygens (including phenoxy) is 2. The minimum absolute atomic E-state index is 0.0234. The standard InChI is InChI=1S/C20H19F2N3O6S2/c1-11-10-32-19(28)25(11)9-16(26)23-5-6-24-17(27)15(33-20(24)29)8-12-3-4-13(31-18(21)22)14(7-12)30-2/h3-4,7-8,10,18H,5-6,9H2,1-2H3,(H,23,26)/b15-8-. The van der Waals surface area contributed by atoms with Crippen LogP contribution in [-0.2, 0) is 16.1 Å². The van der Waals surface area contributed by atoms with Crippen molar-refractivity contribution in [3.63, 3.8) is 0 Å². The molecule has 33 heavy (non-hydrogen) atoms.